The first-order valence-electron chi connectivity index (χ1n) is 8.54. The van der Waals surface area contributed by atoms with E-state index in [1.165, 1.54) is 24.4 Å². The molecule has 1 aliphatic heterocycles. The van der Waals surface area contributed by atoms with Crippen LogP contribution in [-0.4, -0.2) is 11.0 Å². The summed E-state index contributed by atoms with van der Waals surface area (Å²) in [6.45, 7) is 0.00763. The molecular weight excluding hydrogens is 385 g/mol. The number of carbonyl (C=O) groups excluding carboxylic acids is 1. The van der Waals surface area contributed by atoms with Crippen LogP contribution in [-0.2, 0) is 22.7 Å². The Labute approximate surface area is 165 Å². The number of ether oxygens (including phenoxy) is 3. The SMILES string of the molecule is O=C(OCc1cc(F)cc2c1O[C@H](c1ccccc1)OC2)c1cccnc1Cl. The normalized spacial score (nSPS) is 15.4. The van der Waals surface area contributed by atoms with Crippen LogP contribution in [0.5, 0.6) is 5.75 Å². The van der Waals surface area contributed by atoms with E-state index in [0.717, 1.165) is 5.56 Å². The zero-order valence-corrected chi connectivity index (χ0v) is 15.4. The third-order valence-corrected chi connectivity index (χ3v) is 4.53. The number of fused-ring (bicyclic) bond motifs is 1. The van der Waals surface area contributed by atoms with E-state index in [0.29, 0.717) is 16.9 Å². The Bertz CT molecular complexity index is 1010. The number of esters is 1. The number of benzene rings is 2. The fourth-order valence-corrected chi connectivity index (χ4v) is 3.11. The third kappa shape index (κ3) is 3.83. The molecule has 0 spiro atoms. The molecule has 0 N–H and O–H groups in total. The highest BCUT2D eigenvalue weighted by Gasteiger charge is 2.26. The number of aromatic nitrogens is 1. The van der Waals surface area contributed by atoms with E-state index in [1.807, 2.05) is 30.3 Å². The summed E-state index contributed by atoms with van der Waals surface area (Å²) in [5.74, 6) is -0.663. The highest BCUT2D eigenvalue weighted by Crippen LogP contribution is 2.37. The van der Waals surface area contributed by atoms with Crippen molar-refractivity contribution in [3.8, 4) is 5.75 Å². The van der Waals surface area contributed by atoms with Crippen molar-refractivity contribution in [1.29, 1.82) is 0 Å². The number of rotatable bonds is 4. The van der Waals surface area contributed by atoms with Gasteiger partial charge in [0.2, 0.25) is 6.29 Å². The zero-order chi connectivity index (χ0) is 19.5. The van der Waals surface area contributed by atoms with Gasteiger partial charge in [0.05, 0.1) is 12.2 Å². The second kappa shape index (κ2) is 7.96. The van der Waals surface area contributed by atoms with Crippen molar-refractivity contribution >= 4 is 17.6 Å². The van der Waals surface area contributed by atoms with Crippen LogP contribution in [0, 0.1) is 5.82 Å². The highest BCUT2D eigenvalue weighted by atomic mass is 35.5. The van der Waals surface area contributed by atoms with E-state index in [9.17, 15) is 9.18 Å². The minimum Gasteiger partial charge on any atom is -0.460 e. The summed E-state index contributed by atoms with van der Waals surface area (Å²) in [7, 11) is 0. The van der Waals surface area contributed by atoms with Crippen molar-refractivity contribution in [3.63, 3.8) is 0 Å². The summed E-state index contributed by atoms with van der Waals surface area (Å²) in [5, 5.41) is 0.0440. The van der Waals surface area contributed by atoms with Gasteiger partial charge in [0.25, 0.3) is 0 Å². The molecular formula is C21H15ClFNO4. The van der Waals surface area contributed by atoms with E-state index in [4.69, 9.17) is 25.8 Å². The molecule has 7 heteroatoms. The topological polar surface area (TPSA) is 57.7 Å². The molecule has 0 radical (unpaired) electrons. The largest absolute Gasteiger partial charge is 0.460 e. The van der Waals surface area contributed by atoms with Crippen molar-refractivity contribution in [1.82, 2.24) is 4.98 Å². The van der Waals surface area contributed by atoms with Crippen LogP contribution in [0.25, 0.3) is 0 Å². The average Bonchev–Trinajstić information content (AvgIpc) is 2.72. The van der Waals surface area contributed by atoms with Gasteiger partial charge >= 0.3 is 5.97 Å². The van der Waals surface area contributed by atoms with Crippen LogP contribution in [0.4, 0.5) is 4.39 Å². The molecule has 5 nitrogen and oxygen atoms in total. The lowest BCUT2D eigenvalue weighted by Gasteiger charge is -2.28. The van der Waals surface area contributed by atoms with Crippen molar-refractivity contribution in [2.24, 2.45) is 0 Å². The third-order valence-electron chi connectivity index (χ3n) is 4.23. The Morgan fingerprint density at radius 2 is 2.04 bits per heavy atom. The monoisotopic (exact) mass is 399 g/mol. The summed E-state index contributed by atoms with van der Waals surface area (Å²) in [4.78, 5) is 16.1. The number of nitrogens with zero attached hydrogens (tertiary/aromatic N) is 1. The van der Waals surface area contributed by atoms with Gasteiger partial charge in [0, 0.05) is 22.9 Å². The molecule has 0 bridgehead atoms. The molecule has 0 saturated heterocycles. The Kier molecular flexibility index (Phi) is 5.23. The number of halogens is 2. The zero-order valence-electron chi connectivity index (χ0n) is 14.6. The summed E-state index contributed by atoms with van der Waals surface area (Å²) in [6, 6.07) is 15.1. The summed E-state index contributed by atoms with van der Waals surface area (Å²) >= 11 is 5.92. The molecule has 1 aromatic heterocycles. The van der Waals surface area contributed by atoms with Gasteiger partial charge in [-0.1, -0.05) is 41.9 Å². The van der Waals surface area contributed by atoms with Crippen LogP contribution in [0.2, 0.25) is 5.15 Å². The maximum absolute atomic E-state index is 14.0. The van der Waals surface area contributed by atoms with E-state index < -0.39 is 18.1 Å². The minimum absolute atomic E-state index is 0.0440. The molecule has 1 atom stereocenters. The molecule has 2 aromatic carbocycles. The maximum Gasteiger partial charge on any atom is 0.341 e. The molecule has 28 heavy (non-hydrogen) atoms. The fourth-order valence-electron chi connectivity index (χ4n) is 2.92. The number of hydrogen-bond donors (Lipinski definition) is 0. The summed E-state index contributed by atoms with van der Waals surface area (Å²) in [6.07, 6.45) is 0.848. The second-order valence-electron chi connectivity index (χ2n) is 6.14. The van der Waals surface area contributed by atoms with Crippen LogP contribution in [0.15, 0.2) is 60.8 Å². The Morgan fingerprint density at radius 3 is 2.82 bits per heavy atom. The van der Waals surface area contributed by atoms with Crippen molar-refractivity contribution in [2.45, 2.75) is 19.5 Å². The molecule has 0 fully saturated rings. The highest BCUT2D eigenvalue weighted by molar-refractivity contribution is 6.32. The quantitative estimate of drug-likeness (QED) is 0.464. The molecule has 0 aliphatic carbocycles. The lowest BCUT2D eigenvalue weighted by atomic mass is 10.1. The molecule has 0 saturated carbocycles. The van der Waals surface area contributed by atoms with Crippen LogP contribution < -0.4 is 4.74 Å². The van der Waals surface area contributed by atoms with Gasteiger partial charge in [-0.3, -0.25) is 0 Å². The van der Waals surface area contributed by atoms with E-state index in [2.05, 4.69) is 4.98 Å². The first-order chi connectivity index (χ1) is 13.6. The molecule has 4 rings (SSSR count). The van der Waals surface area contributed by atoms with Crippen molar-refractivity contribution < 1.29 is 23.4 Å². The molecule has 0 unspecified atom stereocenters. The standard InChI is InChI=1S/C21H15ClFNO4/c22-19-17(7-4-8-24-19)20(25)26-11-14-9-16(23)10-15-12-27-21(28-18(14)15)13-5-2-1-3-6-13/h1-10,21H,11-12H2/t21-/m1/s1. The van der Waals surface area contributed by atoms with Gasteiger partial charge in [-0.2, -0.15) is 0 Å². The van der Waals surface area contributed by atoms with Crippen LogP contribution in [0.3, 0.4) is 0 Å². The van der Waals surface area contributed by atoms with Gasteiger partial charge in [-0.15, -0.1) is 0 Å². The van der Waals surface area contributed by atoms with Gasteiger partial charge < -0.3 is 14.2 Å². The van der Waals surface area contributed by atoms with E-state index >= 15 is 0 Å². The van der Waals surface area contributed by atoms with Gasteiger partial charge in [0.1, 0.15) is 23.3 Å². The lowest BCUT2D eigenvalue weighted by Crippen LogP contribution is -2.20. The predicted octanol–water partition coefficient (Wildman–Crippen LogP) is 4.84. The Balaban J connectivity index is 1.56. The molecule has 2 heterocycles. The molecule has 1 aliphatic rings. The number of carbonyl (C=O) groups is 1. The van der Waals surface area contributed by atoms with Gasteiger partial charge in [-0.25, -0.2) is 14.2 Å². The summed E-state index contributed by atoms with van der Waals surface area (Å²) < 4.78 is 30.9. The first-order valence-corrected chi connectivity index (χ1v) is 8.92. The fraction of sp³-hybridized carbons (Fsp3) is 0.143. The predicted molar refractivity (Wildman–Crippen MR) is 99.4 cm³/mol. The van der Waals surface area contributed by atoms with Crippen molar-refractivity contribution in [2.75, 3.05) is 0 Å². The first kappa shape index (κ1) is 18.4. The van der Waals surface area contributed by atoms with Crippen LogP contribution >= 0.6 is 11.6 Å². The number of hydrogen-bond acceptors (Lipinski definition) is 5. The van der Waals surface area contributed by atoms with E-state index in [1.54, 1.807) is 6.07 Å². The average molecular weight is 400 g/mol. The van der Waals surface area contributed by atoms with Crippen LogP contribution in [0.1, 0.15) is 33.3 Å². The lowest BCUT2D eigenvalue weighted by molar-refractivity contribution is -0.112. The Hall–Kier alpha value is -2.96. The second-order valence-corrected chi connectivity index (χ2v) is 6.50. The minimum atomic E-state index is -0.650. The summed E-state index contributed by atoms with van der Waals surface area (Å²) in [5.41, 5.74) is 1.94. The maximum atomic E-state index is 14.0. The molecule has 142 valence electrons. The Morgan fingerprint density at radius 1 is 1.21 bits per heavy atom. The van der Waals surface area contributed by atoms with Gasteiger partial charge in [-0.05, 0) is 24.3 Å². The van der Waals surface area contributed by atoms with E-state index in [-0.39, 0.29) is 23.9 Å². The molecule has 3 aromatic rings. The molecule has 0 amide bonds. The van der Waals surface area contributed by atoms with Gasteiger partial charge in [0.15, 0.2) is 0 Å². The smallest absolute Gasteiger partial charge is 0.341 e. The van der Waals surface area contributed by atoms with Crippen molar-refractivity contribution in [3.05, 3.63) is 94.0 Å². The number of pyridine rings is 1.